The van der Waals surface area contributed by atoms with Crippen LogP contribution in [0.5, 0.6) is 11.5 Å². The van der Waals surface area contributed by atoms with Gasteiger partial charge in [0.1, 0.15) is 23.9 Å². The number of benzene rings is 2. The molecule has 0 aliphatic carbocycles. The van der Waals surface area contributed by atoms with E-state index in [0.717, 1.165) is 17.1 Å². The normalized spacial score (nSPS) is 12.4. The lowest BCUT2D eigenvalue weighted by molar-refractivity contribution is -0.119. The summed E-state index contributed by atoms with van der Waals surface area (Å²) in [6, 6.07) is 13.5. The highest BCUT2D eigenvalue weighted by atomic mass is 16.5. The molecule has 0 aromatic heterocycles. The van der Waals surface area contributed by atoms with Crippen LogP contribution in [0.3, 0.4) is 0 Å². The zero-order chi connectivity index (χ0) is 18.7. The van der Waals surface area contributed by atoms with Crippen LogP contribution in [-0.4, -0.2) is 43.4 Å². The molecular weight excluding hydrogens is 330 g/mol. The monoisotopic (exact) mass is 353 g/mol. The van der Waals surface area contributed by atoms with Crippen molar-refractivity contribution < 1.29 is 14.3 Å². The van der Waals surface area contributed by atoms with E-state index in [0.29, 0.717) is 17.2 Å². The van der Waals surface area contributed by atoms with Crippen molar-refractivity contribution in [2.75, 3.05) is 26.1 Å². The molecule has 3 rings (SSSR count). The fourth-order valence-electron chi connectivity index (χ4n) is 2.64. The molecular formula is C20H23N3O3. The van der Waals surface area contributed by atoms with Crippen molar-refractivity contribution in [3.8, 4) is 11.5 Å². The predicted molar refractivity (Wildman–Crippen MR) is 103 cm³/mol. The first-order chi connectivity index (χ1) is 12.5. The number of ether oxygens (including phenoxy) is 2. The summed E-state index contributed by atoms with van der Waals surface area (Å²) in [5.41, 5.74) is 2.27. The molecule has 6 heteroatoms. The van der Waals surface area contributed by atoms with Crippen LogP contribution in [0.15, 0.2) is 47.5 Å². The third-order valence-corrected chi connectivity index (χ3v) is 4.20. The van der Waals surface area contributed by atoms with Crippen LogP contribution in [0.2, 0.25) is 0 Å². The minimum Gasteiger partial charge on any atom is -0.454 e. The number of nitrogens with one attached hydrogen (secondary N) is 1. The SMILES string of the molecule is COCC(=O)Nc1ccc2c(c1)C(N(C)C(C)C)=Nc1ccccc1O2. The molecule has 0 atom stereocenters. The molecule has 0 fully saturated rings. The number of carbonyl (C=O) groups is 1. The van der Waals surface area contributed by atoms with E-state index in [1.165, 1.54) is 7.11 Å². The third-order valence-electron chi connectivity index (χ3n) is 4.20. The maximum absolute atomic E-state index is 11.8. The minimum atomic E-state index is -0.207. The van der Waals surface area contributed by atoms with Gasteiger partial charge in [0.2, 0.25) is 5.91 Å². The van der Waals surface area contributed by atoms with E-state index in [1.54, 1.807) is 0 Å². The van der Waals surface area contributed by atoms with Gasteiger partial charge in [-0.1, -0.05) is 12.1 Å². The largest absolute Gasteiger partial charge is 0.454 e. The van der Waals surface area contributed by atoms with Gasteiger partial charge in [-0.05, 0) is 44.2 Å². The number of methoxy groups -OCH3 is 1. The first kappa shape index (κ1) is 17.9. The maximum Gasteiger partial charge on any atom is 0.250 e. The van der Waals surface area contributed by atoms with Crippen molar-refractivity contribution >= 4 is 23.1 Å². The Labute approximate surface area is 153 Å². The van der Waals surface area contributed by atoms with E-state index in [4.69, 9.17) is 14.5 Å². The Kier molecular flexibility index (Phi) is 5.23. The van der Waals surface area contributed by atoms with Gasteiger partial charge in [0.25, 0.3) is 0 Å². The molecule has 1 heterocycles. The summed E-state index contributed by atoms with van der Waals surface area (Å²) in [7, 11) is 3.49. The Hall–Kier alpha value is -2.86. The van der Waals surface area contributed by atoms with Gasteiger partial charge < -0.3 is 19.7 Å². The molecule has 0 bridgehead atoms. The molecule has 0 saturated heterocycles. The molecule has 2 aromatic carbocycles. The fraction of sp³-hybridized carbons (Fsp3) is 0.300. The molecule has 1 aliphatic heterocycles. The second kappa shape index (κ2) is 7.58. The average Bonchev–Trinajstić information content (AvgIpc) is 2.77. The molecule has 2 aromatic rings. The van der Waals surface area contributed by atoms with Crippen LogP contribution in [0.4, 0.5) is 11.4 Å². The van der Waals surface area contributed by atoms with Gasteiger partial charge in [-0.2, -0.15) is 0 Å². The highest BCUT2D eigenvalue weighted by Gasteiger charge is 2.22. The van der Waals surface area contributed by atoms with Crippen molar-refractivity contribution in [2.45, 2.75) is 19.9 Å². The molecule has 1 amide bonds. The van der Waals surface area contributed by atoms with Gasteiger partial charge in [0.05, 0.1) is 5.56 Å². The van der Waals surface area contributed by atoms with Gasteiger partial charge in [-0.15, -0.1) is 0 Å². The van der Waals surface area contributed by atoms with Crippen molar-refractivity contribution in [1.82, 2.24) is 4.90 Å². The van der Waals surface area contributed by atoms with E-state index < -0.39 is 0 Å². The van der Waals surface area contributed by atoms with E-state index in [2.05, 4.69) is 24.1 Å². The molecule has 26 heavy (non-hydrogen) atoms. The second-order valence-electron chi connectivity index (χ2n) is 6.40. The molecule has 1 N–H and O–H groups in total. The summed E-state index contributed by atoms with van der Waals surface area (Å²) < 4.78 is 11.0. The number of hydrogen-bond acceptors (Lipinski definition) is 5. The van der Waals surface area contributed by atoms with Crippen LogP contribution in [0, 0.1) is 0 Å². The first-order valence-electron chi connectivity index (χ1n) is 8.51. The Bertz CT molecular complexity index is 846. The van der Waals surface area contributed by atoms with Crippen LogP contribution in [0.1, 0.15) is 19.4 Å². The Balaban J connectivity index is 2.07. The van der Waals surface area contributed by atoms with Crippen molar-refractivity contribution in [3.05, 3.63) is 48.0 Å². The van der Waals surface area contributed by atoms with Gasteiger partial charge in [-0.3, -0.25) is 4.79 Å². The average molecular weight is 353 g/mol. The lowest BCUT2D eigenvalue weighted by Crippen LogP contribution is -2.33. The molecule has 6 nitrogen and oxygen atoms in total. The number of anilines is 1. The number of nitrogens with zero attached hydrogens (tertiary/aromatic N) is 2. The number of amides is 1. The number of fused-ring (bicyclic) bond motifs is 2. The molecule has 1 aliphatic rings. The predicted octanol–water partition coefficient (Wildman–Crippen LogP) is 3.80. The lowest BCUT2D eigenvalue weighted by atomic mass is 10.1. The standard InChI is InChI=1S/C20H23N3O3/c1-13(2)23(3)20-15-11-14(21-19(24)12-25-4)9-10-17(15)26-18-8-6-5-7-16(18)22-20/h5-11,13H,12H2,1-4H3,(H,21,24). The zero-order valence-corrected chi connectivity index (χ0v) is 15.4. The number of para-hydroxylation sites is 2. The van der Waals surface area contributed by atoms with Gasteiger partial charge in [0, 0.05) is 25.9 Å². The number of rotatable bonds is 4. The first-order valence-corrected chi connectivity index (χ1v) is 8.51. The summed E-state index contributed by atoms with van der Waals surface area (Å²) >= 11 is 0. The van der Waals surface area contributed by atoms with E-state index in [1.807, 2.05) is 49.5 Å². The van der Waals surface area contributed by atoms with Crippen LogP contribution in [0.25, 0.3) is 0 Å². The van der Waals surface area contributed by atoms with Crippen LogP contribution in [-0.2, 0) is 9.53 Å². The maximum atomic E-state index is 11.8. The van der Waals surface area contributed by atoms with Crippen molar-refractivity contribution in [3.63, 3.8) is 0 Å². The summed E-state index contributed by atoms with van der Waals surface area (Å²) in [6.07, 6.45) is 0. The van der Waals surface area contributed by atoms with Gasteiger partial charge in [-0.25, -0.2) is 4.99 Å². The summed E-state index contributed by atoms with van der Waals surface area (Å²) in [5.74, 6) is 1.99. The quantitative estimate of drug-likeness (QED) is 0.908. The smallest absolute Gasteiger partial charge is 0.250 e. The summed E-state index contributed by atoms with van der Waals surface area (Å²) in [4.78, 5) is 18.8. The van der Waals surface area contributed by atoms with Gasteiger partial charge in [0.15, 0.2) is 5.75 Å². The van der Waals surface area contributed by atoms with Crippen molar-refractivity contribution in [2.24, 2.45) is 4.99 Å². The second-order valence-corrected chi connectivity index (χ2v) is 6.40. The van der Waals surface area contributed by atoms with Crippen molar-refractivity contribution in [1.29, 1.82) is 0 Å². The molecule has 0 radical (unpaired) electrons. The molecule has 0 saturated carbocycles. The Morgan fingerprint density at radius 1 is 1.23 bits per heavy atom. The van der Waals surface area contributed by atoms with Crippen LogP contribution >= 0.6 is 0 Å². The molecule has 0 unspecified atom stereocenters. The summed E-state index contributed by atoms with van der Waals surface area (Å²) in [6.45, 7) is 4.21. The number of hydrogen-bond donors (Lipinski definition) is 1. The molecule has 136 valence electrons. The lowest BCUT2D eigenvalue weighted by Gasteiger charge is -2.26. The fourth-order valence-corrected chi connectivity index (χ4v) is 2.64. The van der Waals surface area contributed by atoms with Gasteiger partial charge >= 0.3 is 0 Å². The topological polar surface area (TPSA) is 63.2 Å². The van der Waals surface area contributed by atoms with E-state index in [-0.39, 0.29) is 18.6 Å². The van der Waals surface area contributed by atoms with E-state index in [9.17, 15) is 4.79 Å². The Morgan fingerprint density at radius 2 is 2.00 bits per heavy atom. The van der Waals surface area contributed by atoms with Crippen LogP contribution < -0.4 is 10.1 Å². The Morgan fingerprint density at radius 3 is 2.73 bits per heavy atom. The highest BCUT2D eigenvalue weighted by molar-refractivity contribution is 6.05. The number of aliphatic imine (C=N–C) groups is 1. The number of amidine groups is 1. The highest BCUT2D eigenvalue weighted by Crippen LogP contribution is 2.38. The third kappa shape index (κ3) is 3.70. The number of carbonyl (C=O) groups excluding carboxylic acids is 1. The minimum absolute atomic E-state index is 0.00582. The van der Waals surface area contributed by atoms with E-state index >= 15 is 0 Å². The zero-order valence-electron chi connectivity index (χ0n) is 15.4. The molecule has 0 spiro atoms. The summed E-state index contributed by atoms with van der Waals surface area (Å²) in [5, 5.41) is 2.83.